The molecule has 8 heteroatoms. The molecule has 0 aromatic heterocycles. The minimum atomic E-state index is -3.68. The third kappa shape index (κ3) is 4.23. The molecule has 0 fully saturated rings. The summed E-state index contributed by atoms with van der Waals surface area (Å²) >= 11 is 0. The van der Waals surface area contributed by atoms with Crippen LogP contribution in [0.2, 0.25) is 0 Å². The van der Waals surface area contributed by atoms with Gasteiger partial charge in [-0.1, -0.05) is 18.2 Å². The highest BCUT2D eigenvalue weighted by molar-refractivity contribution is 7.92. The monoisotopic (exact) mass is 400 g/mol. The van der Waals surface area contributed by atoms with Gasteiger partial charge in [0, 0.05) is 24.4 Å². The molecule has 0 atom stereocenters. The summed E-state index contributed by atoms with van der Waals surface area (Å²) in [5.41, 5.74) is 2.12. The standard InChI is InChI=1S/C20H20N2O5S/c1-2-27-20(24)12-11-19(23)21-16-7-9-17(10-8-16)28(25,26)22-14-13-15-5-3-4-6-18(15)22/h3-12H,2,13-14H2,1H3,(H,21,23)/b12-11-. The number of para-hydroxylation sites is 1. The Bertz CT molecular complexity index is 1010. The van der Waals surface area contributed by atoms with Crippen molar-refractivity contribution in [2.45, 2.75) is 18.2 Å². The summed E-state index contributed by atoms with van der Waals surface area (Å²) in [5, 5.41) is 2.56. The van der Waals surface area contributed by atoms with Crippen molar-refractivity contribution < 1.29 is 22.7 Å². The van der Waals surface area contributed by atoms with Gasteiger partial charge in [0.05, 0.1) is 17.2 Å². The molecule has 0 saturated carbocycles. The zero-order chi connectivity index (χ0) is 20.1. The second-order valence-electron chi connectivity index (χ2n) is 6.05. The number of carbonyl (C=O) groups excluding carboxylic acids is 2. The number of fused-ring (bicyclic) bond motifs is 1. The van der Waals surface area contributed by atoms with E-state index in [1.165, 1.54) is 28.6 Å². The number of anilines is 2. The Hall–Kier alpha value is -3.13. The number of amides is 1. The number of nitrogens with zero attached hydrogens (tertiary/aromatic N) is 1. The number of hydrogen-bond donors (Lipinski definition) is 1. The second-order valence-corrected chi connectivity index (χ2v) is 7.92. The van der Waals surface area contributed by atoms with Crippen molar-refractivity contribution >= 4 is 33.3 Å². The van der Waals surface area contributed by atoms with Gasteiger partial charge in [0.2, 0.25) is 5.91 Å². The molecule has 1 aliphatic heterocycles. The Morgan fingerprint density at radius 3 is 2.54 bits per heavy atom. The number of nitrogens with one attached hydrogen (secondary N) is 1. The van der Waals surface area contributed by atoms with E-state index in [1.54, 1.807) is 13.0 Å². The molecule has 3 rings (SSSR count). The molecule has 2 aromatic rings. The Balaban J connectivity index is 1.71. The van der Waals surface area contributed by atoms with Gasteiger partial charge in [-0.2, -0.15) is 0 Å². The Labute approximate surface area is 163 Å². The largest absolute Gasteiger partial charge is 0.463 e. The van der Waals surface area contributed by atoms with Crippen LogP contribution < -0.4 is 9.62 Å². The number of benzene rings is 2. The average Bonchev–Trinajstić information content (AvgIpc) is 3.12. The molecule has 0 radical (unpaired) electrons. The first-order chi connectivity index (χ1) is 13.4. The van der Waals surface area contributed by atoms with E-state index in [-0.39, 0.29) is 11.5 Å². The zero-order valence-corrected chi connectivity index (χ0v) is 16.1. The smallest absolute Gasteiger partial charge is 0.330 e. The number of sulfonamides is 1. The van der Waals surface area contributed by atoms with Crippen molar-refractivity contribution in [3.8, 4) is 0 Å². The van der Waals surface area contributed by atoms with Crippen molar-refractivity contribution in [1.29, 1.82) is 0 Å². The van der Waals surface area contributed by atoms with Crippen molar-refractivity contribution in [2.75, 3.05) is 22.8 Å². The molecule has 0 bridgehead atoms. The maximum Gasteiger partial charge on any atom is 0.330 e. The van der Waals surface area contributed by atoms with Crippen LogP contribution in [0, 0.1) is 0 Å². The maximum absolute atomic E-state index is 12.9. The molecule has 0 aliphatic carbocycles. The van der Waals surface area contributed by atoms with Crippen LogP contribution in [0.5, 0.6) is 0 Å². The van der Waals surface area contributed by atoms with E-state index in [2.05, 4.69) is 5.32 Å². The third-order valence-corrected chi connectivity index (χ3v) is 6.04. The van der Waals surface area contributed by atoms with Crippen LogP contribution in [0.1, 0.15) is 12.5 Å². The van der Waals surface area contributed by atoms with E-state index in [0.717, 1.165) is 17.7 Å². The molecule has 1 amide bonds. The van der Waals surface area contributed by atoms with Crippen LogP contribution in [0.25, 0.3) is 0 Å². The Kier molecular flexibility index (Phi) is 5.79. The number of hydrogen-bond acceptors (Lipinski definition) is 5. The number of ether oxygens (including phenoxy) is 1. The average molecular weight is 400 g/mol. The molecule has 7 nitrogen and oxygen atoms in total. The molecule has 1 aliphatic rings. The topological polar surface area (TPSA) is 92.8 Å². The van der Waals surface area contributed by atoms with Crippen LogP contribution in [0.4, 0.5) is 11.4 Å². The highest BCUT2D eigenvalue weighted by Gasteiger charge is 2.30. The van der Waals surface area contributed by atoms with Crippen molar-refractivity contribution in [3.05, 3.63) is 66.2 Å². The summed E-state index contributed by atoms with van der Waals surface area (Å²) < 4.78 is 32.0. The van der Waals surface area contributed by atoms with E-state index < -0.39 is 21.9 Å². The lowest BCUT2D eigenvalue weighted by atomic mass is 10.2. The predicted molar refractivity (Wildman–Crippen MR) is 106 cm³/mol. The van der Waals surface area contributed by atoms with Crippen LogP contribution >= 0.6 is 0 Å². The fourth-order valence-electron chi connectivity index (χ4n) is 2.91. The van der Waals surface area contributed by atoms with Crippen LogP contribution in [0.3, 0.4) is 0 Å². The molecule has 1 heterocycles. The zero-order valence-electron chi connectivity index (χ0n) is 15.3. The quantitative estimate of drug-likeness (QED) is 0.594. The van der Waals surface area contributed by atoms with Gasteiger partial charge < -0.3 is 10.1 Å². The molecular weight excluding hydrogens is 380 g/mol. The number of esters is 1. The third-order valence-electron chi connectivity index (χ3n) is 4.21. The highest BCUT2D eigenvalue weighted by Crippen LogP contribution is 2.32. The van der Waals surface area contributed by atoms with Gasteiger partial charge in [0.15, 0.2) is 0 Å². The molecule has 0 spiro atoms. The molecule has 28 heavy (non-hydrogen) atoms. The van der Waals surface area contributed by atoms with Gasteiger partial charge in [-0.25, -0.2) is 13.2 Å². The van der Waals surface area contributed by atoms with Gasteiger partial charge in [-0.3, -0.25) is 9.10 Å². The van der Waals surface area contributed by atoms with Gasteiger partial charge in [-0.05, 0) is 49.2 Å². The lowest BCUT2D eigenvalue weighted by Crippen LogP contribution is -2.29. The second kappa shape index (κ2) is 8.26. The predicted octanol–water partition coefficient (Wildman–Crippen LogP) is 2.50. The fraction of sp³-hybridized carbons (Fsp3) is 0.200. The van der Waals surface area contributed by atoms with E-state index in [1.807, 2.05) is 18.2 Å². The summed E-state index contributed by atoms with van der Waals surface area (Å²) in [6, 6.07) is 13.3. The van der Waals surface area contributed by atoms with Crippen molar-refractivity contribution in [3.63, 3.8) is 0 Å². The van der Waals surface area contributed by atoms with Gasteiger partial charge in [0.25, 0.3) is 10.0 Å². The summed E-state index contributed by atoms with van der Waals surface area (Å²) in [5.74, 6) is -1.12. The SMILES string of the molecule is CCOC(=O)/C=C\C(=O)Nc1ccc(S(=O)(=O)N2CCc3ccccc32)cc1. The molecule has 0 unspecified atom stereocenters. The summed E-state index contributed by atoms with van der Waals surface area (Å²) in [4.78, 5) is 23.2. The Morgan fingerprint density at radius 2 is 1.82 bits per heavy atom. The number of carbonyl (C=O) groups is 2. The minimum Gasteiger partial charge on any atom is -0.463 e. The fourth-order valence-corrected chi connectivity index (χ4v) is 4.42. The van der Waals surface area contributed by atoms with E-state index in [0.29, 0.717) is 24.3 Å². The molecule has 0 saturated heterocycles. The van der Waals surface area contributed by atoms with Gasteiger partial charge >= 0.3 is 5.97 Å². The van der Waals surface area contributed by atoms with Crippen molar-refractivity contribution in [2.24, 2.45) is 0 Å². The first kappa shape index (κ1) is 19.6. The van der Waals surface area contributed by atoms with Crippen LogP contribution in [0.15, 0.2) is 65.6 Å². The summed E-state index contributed by atoms with van der Waals surface area (Å²) in [6.45, 7) is 2.29. The van der Waals surface area contributed by atoms with Gasteiger partial charge in [-0.15, -0.1) is 0 Å². The Morgan fingerprint density at radius 1 is 1.11 bits per heavy atom. The van der Waals surface area contributed by atoms with E-state index in [4.69, 9.17) is 4.74 Å². The van der Waals surface area contributed by atoms with Crippen LogP contribution in [-0.2, 0) is 30.8 Å². The summed E-state index contributed by atoms with van der Waals surface area (Å²) in [6.07, 6.45) is 2.77. The number of rotatable bonds is 6. The minimum absolute atomic E-state index is 0.143. The molecule has 1 N–H and O–H groups in total. The molecular formula is C20H20N2O5S. The van der Waals surface area contributed by atoms with Crippen LogP contribution in [-0.4, -0.2) is 33.4 Å². The lowest BCUT2D eigenvalue weighted by Gasteiger charge is -2.19. The van der Waals surface area contributed by atoms with Gasteiger partial charge in [0.1, 0.15) is 0 Å². The lowest BCUT2D eigenvalue weighted by molar-refractivity contribution is -0.137. The highest BCUT2D eigenvalue weighted by atomic mass is 32.2. The molecule has 2 aromatic carbocycles. The first-order valence-corrected chi connectivity index (χ1v) is 10.2. The van der Waals surface area contributed by atoms with E-state index in [9.17, 15) is 18.0 Å². The van der Waals surface area contributed by atoms with Crippen molar-refractivity contribution in [1.82, 2.24) is 0 Å². The molecule has 146 valence electrons. The summed E-state index contributed by atoms with van der Waals surface area (Å²) in [7, 11) is -3.68. The maximum atomic E-state index is 12.9. The van der Waals surface area contributed by atoms with E-state index >= 15 is 0 Å². The first-order valence-electron chi connectivity index (χ1n) is 8.78. The normalized spacial score (nSPS) is 13.4.